The van der Waals surface area contributed by atoms with E-state index >= 15 is 0 Å². The standard InChI is InChI=1S/C13H15NO3/c1-8(12(15)13(16)17)11-10-5-3-2-4-9(10)6-7-14-11/h2-5,8,11,14H,6-7H2,1H3,(H,16,17). The number of hydrogen-bond donors (Lipinski definition) is 2. The third-order valence-electron chi connectivity index (χ3n) is 3.27. The van der Waals surface area contributed by atoms with Crippen molar-refractivity contribution < 1.29 is 14.7 Å². The minimum atomic E-state index is -1.36. The second-order valence-corrected chi connectivity index (χ2v) is 4.34. The second-order valence-electron chi connectivity index (χ2n) is 4.34. The number of carbonyl (C=O) groups excluding carboxylic acids is 1. The Labute approximate surface area is 99.6 Å². The van der Waals surface area contributed by atoms with Gasteiger partial charge in [-0.1, -0.05) is 31.2 Å². The Morgan fingerprint density at radius 3 is 2.82 bits per heavy atom. The predicted octanol–water partition coefficient (Wildman–Crippen LogP) is 1.16. The van der Waals surface area contributed by atoms with E-state index in [4.69, 9.17) is 5.11 Å². The van der Waals surface area contributed by atoms with Crippen molar-refractivity contribution in [2.24, 2.45) is 5.92 Å². The molecule has 0 amide bonds. The van der Waals surface area contributed by atoms with Gasteiger partial charge in [0.15, 0.2) is 0 Å². The summed E-state index contributed by atoms with van der Waals surface area (Å²) in [6.07, 6.45) is 0.917. The molecule has 0 aliphatic carbocycles. The molecule has 0 saturated carbocycles. The molecule has 0 radical (unpaired) electrons. The molecule has 0 spiro atoms. The zero-order valence-corrected chi connectivity index (χ0v) is 9.64. The number of aliphatic carboxylic acids is 1. The summed E-state index contributed by atoms with van der Waals surface area (Å²) >= 11 is 0. The van der Waals surface area contributed by atoms with E-state index in [9.17, 15) is 9.59 Å². The first kappa shape index (κ1) is 11.8. The highest BCUT2D eigenvalue weighted by Crippen LogP contribution is 2.29. The highest BCUT2D eigenvalue weighted by Gasteiger charge is 2.32. The minimum Gasteiger partial charge on any atom is -0.475 e. The van der Waals surface area contributed by atoms with Gasteiger partial charge in [-0.25, -0.2) is 4.79 Å². The summed E-state index contributed by atoms with van der Waals surface area (Å²) in [5, 5.41) is 12.0. The maximum Gasteiger partial charge on any atom is 0.372 e. The van der Waals surface area contributed by atoms with Crippen molar-refractivity contribution in [3.05, 3.63) is 35.4 Å². The molecule has 0 bridgehead atoms. The molecule has 2 N–H and O–H groups in total. The zero-order valence-electron chi connectivity index (χ0n) is 9.64. The van der Waals surface area contributed by atoms with E-state index in [0.29, 0.717) is 0 Å². The van der Waals surface area contributed by atoms with Gasteiger partial charge in [-0.3, -0.25) is 4.79 Å². The van der Waals surface area contributed by atoms with Crippen molar-refractivity contribution in [2.45, 2.75) is 19.4 Å². The maximum absolute atomic E-state index is 11.5. The molecule has 2 unspecified atom stereocenters. The van der Waals surface area contributed by atoms with Crippen molar-refractivity contribution in [1.29, 1.82) is 0 Å². The van der Waals surface area contributed by atoms with Crippen LogP contribution in [-0.4, -0.2) is 23.4 Å². The predicted molar refractivity (Wildman–Crippen MR) is 62.7 cm³/mol. The number of benzene rings is 1. The Kier molecular flexibility index (Phi) is 3.24. The van der Waals surface area contributed by atoms with Gasteiger partial charge in [0.05, 0.1) is 0 Å². The first-order valence-corrected chi connectivity index (χ1v) is 5.69. The average Bonchev–Trinajstić information content (AvgIpc) is 2.36. The van der Waals surface area contributed by atoms with Crippen LogP contribution in [0, 0.1) is 5.92 Å². The summed E-state index contributed by atoms with van der Waals surface area (Å²) in [5.74, 6) is -2.64. The summed E-state index contributed by atoms with van der Waals surface area (Å²) in [5.41, 5.74) is 2.24. The number of fused-ring (bicyclic) bond motifs is 1. The van der Waals surface area contributed by atoms with Gasteiger partial charge < -0.3 is 10.4 Å². The van der Waals surface area contributed by atoms with Crippen molar-refractivity contribution in [3.8, 4) is 0 Å². The fourth-order valence-electron chi connectivity index (χ4n) is 2.33. The molecule has 1 aliphatic heterocycles. The van der Waals surface area contributed by atoms with Gasteiger partial charge in [-0.15, -0.1) is 0 Å². The van der Waals surface area contributed by atoms with Crippen molar-refractivity contribution in [3.63, 3.8) is 0 Å². The zero-order chi connectivity index (χ0) is 12.4. The first-order chi connectivity index (χ1) is 8.11. The van der Waals surface area contributed by atoms with Crippen molar-refractivity contribution in [2.75, 3.05) is 6.54 Å². The van der Waals surface area contributed by atoms with Gasteiger partial charge in [0.2, 0.25) is 5.78 Å². The largest absolute Gasteiger partial charge is 0.475 e. The Morgan fingerprint density at radius 2 is 2.12 bits per heavy atom. The highest BCUT2D eigenvalue weighted by molar-refractivity contribution is 6.33. The molecule has 4 nitrogen and oxygen atoms in total. The molecule has 1 aromatic carbocycles. The molecule has 0 saturated heterocycles. The fraction of sp³-hybridized carbons (Fsp3) is 0.385. The molecule has 90 valence electrons. The van der Waals surface area contributed by atoms with Crippen LogP contribution >= 0.6 is 0 Å². The van der Waals surface area contributed by atoms with Crippen LogP contribution in [0.15, 0.2) is 24.3 Å². The number of nitrogens with one attached hydrogen (secondary N) is 1. The summed E-state index contributed by atoms with van der Waals surface area (Å²) in [6.45, 7) is 2.44. The number of carbonyl (C=O) groups is 2. The normalized spacial score (nSPS) is 20.4. The molecular weight excluding hydrogens is 218 g/mol. The molecule has 1 heterocycles. The second kappa shape index (κ2) is 4.67. The molecule has 4 heteroatoms. The van der Waals surface area contributed by atoms with Crippen LogP contribution in [0.2, 0.25) is 0 Å². The van der Waals surface area contributed by atoms with Crippen LogP contribution < -0.4 is 5.32 Å². The molecule has 17 heavy (non-hydrogen) atoms. The lowest BCUT2D eigenvalue weighted by Gasteiger charge is -2.30. The molecule has 1 aliphatic rings. The molecule has 2 atom stereocenters. The minimum absolute atomic E-state index is 0.191. The van der Waals surface area contributed by atoms with E-state index in [1.165, 1.54) is 5.56 Å². The van der Waals surface area contributed by atoms with Crippen LogP contribution in [0.4, 0.5) is 0 Å². The smallest absolute Gasteiger partial charge is 0.372 e. The quantitative estimate of drug-likeness (QED) is 0.769. The van der Waals surface area contributed by atoms with E-state index in [1.54, 1.807) is 6.92 Å². The number of carboxylic acid groups (broad SMARTS) is 1. The van der Waals surface area contributed by atoms with E-state index in [-0.39, 0.29) is 6.04 Å². The summed E-state index contributed by atoms with van der Waals surface area (Å²) in [6, 6.07) is 7.67. The van der Waals surface area contributed by atoms with Crippen LogP contribution in [0.3, 0.4) is 0 Å². The fourth-order valence-corrected chi connectivity index (χ4v) is 2.33. The highest BCUT2D eigenvalue weighted by atomic mass is 16.4. The maximum atomic E-state index is 11.5. The Bertz CT molecular complexity index is 456. The third-order valence-corrected chi connectivity index (χ3v) is 3.27. The Morgan fingerprint density at radius 1 is 1.41 bits per heavy atom. The van der Waals surface area contributed by atoms with E-state index in [2.05, 4.69) is 5.32 Å². The number of rotatable bonds is 3. The van der Waals surface area contributed by atoms with E-state index < -0.39 is 17.7 Å². The average molecular weight is 233 g/mol. The summed E-state index contributed by atoms with van der Waals surface area (Å²) in [4.78, 5) is 22.2. The van der Waals surface area contributed by atoms with Gasteiger partial charge in [0.1, 0.15) is 0 Å². The monoisotopic (exact) mass is 233 g/mol. The molecular formula is C13H15NO3. The number of Topliss-reactive ketones (excluding diaryl/α,β-unsaturated/α-hetero) is 1. The molecule has 2 rings (SSSR count). The van der Waals surface area contributed by atoms with Crippen molar-refractivity contribution in [1.82, 2.24) is 5.32 Å². The van der Waals surface area contributed by atoms with Crippen LogP contribution in [0.25, 0.3) is 0 Å². The number of carboxylic acids is 1. The SMILES string of the molecule is CC(C(=O)C(=O)O)C1NCCc2ccccc21. The van der Waals surface area contributed by atoms with Crippen LogP contribution in [0.1, 0.15) is 24.1 Å². The van der Waals surface area contributed by atoms with Crippen molar-refractivity contribution >= 4 is 11.8 Å². The van der Waals surface area contributed by atoms with Gasteiger partial charge in [0.25, 0.3) is 0 Å². The van der Waals surface area contributed by atoms with Crippen LogP contribution in [0.5, 0.6) is 0 Å². The lowest BCUT2D eigenvalue weighted by atomic mass is 9.85. The van der Waals surface area contributed by atoms with Crippen LogP contribution in [-0.2, 0) is 16.0 Å². The van der Waals surface area contributed by atoms with Gasteiger partial charge >= 0.3 is 5.97 Å². The molecule has 1 aromatic rings. The van der Waals surface area contributed by atoms with E-state index in [0.717, 1.165) is 18.5 Å². The van der Waals surface area contributed by atoms with Gasteiger partial charge in [-0.2, -0.15) is 0 Å². The van der Waals surface area contributed by atoms with Gasteiger partial charge in [0, 0.05) is 12.0 Å². The molecule has 0 fully saturated rings. The lowest BCUT2D eigenvalue weighted by Crippen LogP contribution is -2.38. The Hall–Kier alpha value is -1.68. The van der Waals surface area contributed by atoms with E-state index in [1.807, 2.05) is 24.3 Å². The topological polar surface area (TPSA) is 66.4 Å². The Balaban J connectivity index is 2.29. The third kappa shape index (κ3) is 2.22. The lowest BCUT2D eigenvalue weighted by molar-refractivity contribution is -0.151. The number of ketones is 1. The summed E-state index contributed by atoms with van der Waals surface area (Å²) < 4.78 is 0. The summed E-state index contributed by atoms with van der Waals surface area (Å²) in [7, 11) is 0. The number of hydrogen-bond acceptors (Lipinski definition) is 3. The molecule has 0 aromatic heterocycles. The van der Waals surface area contributed by atoms with Gasteiger partial charge in [-0.05, 0) is 24.1 Å². The first-order valence-electron chi connectivity index (χ1n) is 5.69.